The summed E-state index contributed by atoms with van der Waals surface area (Å²) in [6.07, 6.45) is -4.62. The molecule has 3 amide bonds. The van der Waals surface area contributed by atoms with Crippen LogP contribution in [0.5, 0.6) is 0 Å². The zero-order chi connectivity index (χ0) is 27.1. The number of benzene rings is 1. The van der Waals surface area contributed by atoms with Crippen LogP contribution in [-0.4, -0.2) is 58.5 Å². The van der Waals surface area contributed by atoms with Crippen molar-refractivity contribution in [2.45, 2.75) is 77.7 Å². The predicted octanol–water partition coefficient (Wildman–Crippen LogP) is 3.99. The molecule has 1 aromatic carbocycles. The molecule has 0 aliphatic carbocycles. The lowest BCUT2D eigenvalue weighted by molar-refractivity contribution is -0.189. The number of alkyl halides is 3. The van der Waals surface area contributed by atoms with E-state index in [2.05, 4.69) is 10.6 Å². The molecule has 1 aromatic heterocycles. The predicted molar refractivity (Wildman–Crippen MR) is 129 cm³/mol. The minimum absolute atomic E-state index is 0.0985. The minimum Gasteiger partial charge on any atom is -0.350 e. The Kier molecular flexibility index (Phi) is 7.41. The first kappa shape index (κ1) is 28.2. The van der Waals surface area contributed by atoms with E-state index < -0.39 is 28.6 Å². The van der Waals surface area contributed by atoms with Crippen LogP contribution in [0.1, 0.15) is 64.5 Å². The fraction of sp³-hybridized carbons (Fsp3) is 0.560. The number of carbonyl (C=O) groups is 3. The number of fused-ring (bicyclic) bond motifs is 1. The van der Waals surface area contributed by atoms with Crippen molar-refractivity contribution in [2.24, 2.45) is 0 Å². The second-order valence-corrected chi connectivity index (χ2v) is 11.1. The van der Waals surface area contributed by atoms with E-state index in [-0.39, 0.29) is 24.1 Å². The number of halogens is 3. The van der Waals surface area contributed by atoms with Gasteiger partial charge in [0.2, 0.25) is 11.8 Å². The van der Waals surface area contributed by atoms with E-state index in [0.717, 1.165) is 13.8 Å². The molecule has 0 aliphatic rings. The lowest BCUT2D eigenvalue weighted by Crippen LogP contribution is -2.57. The van der Waals surface area contributed by atoms with Crippen LogP contribution in [0.15, 0.2) is 24.3 Å². The summed E-state index contributed by atoms with van der Waals surface area (Å²) < 4.78 is 41.5. The number of hydrogen-bond acceptors (Lipinski definition) is 3. The summed E-state index contributed by atoms with van der Waals surface area (Å²) in [4.78, 5) is 39.8. The van der Waals surface area contributed by atoms with Gasteiger partial charge in [-0.1, -0.05) is 6.07 Å². The summed E-state index contributed by atoms with van der Waals surface area (Å²) in [6, 6.07) is 6.59. The van der Waals surface area contributed by atoms with E-state index >= 15 is 0 Å². The van der Waals surface area contributed by atoms with Crippen LogP contribution in [0.4, 0.5) is 13.2 Å². The number of nitrogens with zero attached hydrogens (tertiary/aromatic N) is 2. The Labute approximate surface area is 204 Å². The third-order valence-electron chi connectivity index (χ3n) is 5.77. The summed E-state index contributed by atoms with van der Waals surface area (Å²) in [6.45, 7) is 10.3. The van der Waals surface area contributed by atoms with Crippen LogP contribution in [0.2, 0.25) is 0 Å². The number of aromatic nitrogens is 1. The lowest BCUT2D eigenvalue weighted by atomic mass is 9.82. The van der Waals surface area contributed by atoms with E-state index in [9.17, 15) is 27.6 Å². The summed E-state index contributed by atoms with van der Waals surface area (Å²) in [7, 11) is 3.20. The zero-order valence-corrected chi connectivity index (χ0v) is 21.8. The Morgan fingerprint density at radius 2 is 1.49 bits per heavy atom. The molecule has 10 heteroatoms. The fourth-order valence-corrected chi connectivity index (χ4v) is 3.48. The zero-order valence-electron chi connectivity index (χ0n) is 21.8. The van der Waals surface area contributed by atoms with E-state index in [1.807, 2.05) is 20.8 Å². The maximum Gasteiger partial charge on any atom is 0.410 e. The number of rotatable bonds is 6. The number of hydrogen-bond donors (Lipinski definition) is 2. The summed E-state index contributed by atoms with van der Waals surface area (Å²) in [5.74, 6) is -1.37. The Balaban J connectivity index is 2.53. The van der Waals surface area contributed by atoms with Crippen molar-refractivity contribution in [3.8, 4) is 0 Å². The SMILES string of the molecule is CN(C)C(=O)c1cc2cc(C(C)(C)C(=O)NC(C)(C)C(F)(F)F)ccc2n1CC(=O)NC(C)(C)C. The molecule has 2 aromatic rings. The molecular weight excluding hydrogens is 461 g/mol. The Morgan fingerprint density at radius 3 is 1.97 bits per heavy atom. The highest BCUT2D eigenvalue weighted by atomic mass is 19.4. The Morgan fingerprint density at radius 1 is 0.914 bits per heavy atom. The quantitative estimate of drug-likeness (QED) is 0.634. The Bertz CT molecular complexity index is 1140. The van der Waals surface area contributed by atoms with Crippen molar-refractivity contribution < 1.29 is 27.6 Å². The van der Waals surface area contributed by atoms with Crippen LogP contribution >= 0.6 is 0 Å². The van der Waals surface area contributed by atoms with Gasteiger partial charge in [-0.15, -0.1) is 0 Å². The van der Waals surface area contributed by atoms with Gasteiger partial charge in [-0.2, -0.15) is 13.2 Å². The summed E-state index contributed by atoms with van der Waals surface area (Å²) in [5, 5.41) is 5.56. The highest BCUT2D eigenvalue weighted by Crippen LogP contribution is 2.33. The molecular formula is C25H35F3N4O3. The van der Waals surface area contributed by atoms with E-state index in [1.165, 1.54) is 18.7 Å². The van der Waals surface area contributed by atoms with Crippen molar-refractivity contribution >= 4 is 28.6 Å². The van der Waals surface area contributed by atoms with Gasteiger partial charge in [-0.3, -0.25) is 14.4 Å². The molecule has 0 spiro atoms. The third-order valence-corrected chi connectivity index (χ3v) is 5.77. The van der Waals surface area contributed by atoms with Gasteiger partial charge in [-0.25, -0.2) is 0 Å². The molecule has 0 bridgehead atoms. The maximum atomic E-state index is 13.3. The molecule has 0 radical (unpaired) electrons. The van der Waals surface area contributed by atoms with Gasteiger partial charge in [-0.05, 0) is 72.2 Å². The monoisotopic (exact) mass is 496 g/mol. The van der Waals surface area contributed by atoms with Crippen molar-refractivity contribution in [3.63, 3.8) is 0 Å². The topological polar surface area (TPSA) is 83.4 Å². The molecule has 1 heterocycles. The molecule has 2 N–H and O–H groups in total. The first-order valence-electron chi connectivity index (χ1n) is 11.2. The second-order valence-electron chi connectivity index (χ2n) is 11.1. The van der Waals surface area contributed by atoms with Gasteiger partial charge in [0.15, 0.2) is 0 Å². The van der Waals surface area contributed by atoms with Crippen LogP contribution in [0.25, 0.3) is 10.9 Å². The average molecular weight is 497 g/mol. The molecule has 0 unspecified atom stereocenters. The van der Waals surface area contributed by atoms with Gasteiger partial charge >= 0.3 is 6.18 Å². The van der Waals surface area contributed by atoms with Crippen LogP contribution in [0.3, 0.4) is 0 Å². The molecule has 35 heavy (non-hydrogen) atoms. The van der Waals surface area contributed by atoms with Crippen LogP contribution in [0, 0.1) is 0 Å². The van der Waals surface area contributed by atoms with Gasteiger partial charge in [0.1, 0.15) is 17.8 Å². The van der Waals surface area contributed by atoms with Crippen molar-refractivity contribution in [1.29, 1.82) is 0 Å². The van der Waals surface area contributed by atoms with Crippen LogP contribution < -0.4 is 10.6 Å². The number of amides is 3. The normalized spacial score (nSPS) is 13.0. The lowest BCUT2D eigenvalue weighted by Gasteiger charge is -2.33. The van der Waals surface area contributed by atoms with Gasteiger partial charge in [0.25, 0.3) is 5.91 Å². The molecule has 0 fully saturated rings. The second kappa shape index (κ2) is 9.20. The van der Waals surface area contributed by atoms with E-state index in [1.54, 1.807) is 42.9 Å². The van der Waals surface area contributed by atoms with E-state index in [4.69, 9.17) is 0 Å². The smallest absolute Gasteiger partial charge is 0.350 e. The molecule has 0 saturated heterocycles. The standard InChI is InChI=1S/C25H35F3N4O3/c1-22(2,3)29-19(33)14-32-17-11-10-16(12-15(17)13-18(32)20(34)31(8)9)23(4,5)21(35)30-24(6,7)25(26,27)28/h10-13H,14H2,1-9H3,(H,29,33)(H,30,35). The van der Waals surface area contributed by atoms with Gasteiger partial charge in [0.05, 0.1) is 5.41 Å². The number of carbonyl (C=O) groups excluding carboxylic acids is 3. The third kappa shape index (κ3) is 6.15. The molecule has 0 aliphatic heterocycles. The Hall–Kier alpha value is -3.04. The molecule has 194 valence electrons. The van der Waals surface area contributed by atoms with Gasteiger partial charge in [0, 0.05) is 30.5 Å². The van der Waals surface area contributed by atoms with Crippen molar-refractivity contribution in [3.05, 3.63) is 35.5 Å². The number of nitrogens with one attached hydrogen (secondary N) is 2. The van der Waals surface area contributed by atoms with Crippen LogP contribution in [-0.2, 0) is 21.5 Å². The maximum absolute atomic E-state index is 13.3. The molecule has 2 rings (SSSR count). The minimum atomic E-state index is -4.62. The first-order valence-corrected chi connectivity index (χ1v) is 11.2. The molecule has 7 nitrogen and oxygen atoms in total. The van der Waals surface area contributed by atoms with Crippen molar-refractivity contribution in [1.82, 2.24) is 20.1 Å². The first-order chi connectivity index (χ1) is 15.7. The molecule has 0 saturated carbocycles. The average Bonchev–Trinajstić information content (AvgIpc) is 3.01. The summed E-state index contributed by atoms with van der Waals surface area (Å²) >= 11 is 0. The van der Waals surface area contributed by atoms with E-state index in [0.29, 0.717) is 16.5 Å². The largest absolute Gasteiger partial charge is 0.410 e. The molecule has 0 atom stereocenters. The summed E-state index contributed by atoms with van der Waals surface area (Å²) in [5.41, 5.74) is -2.81. The highest BCUT2D eigenvalue weighted by Gasteiger charge is 2.50. The highest BCUT2D eigenvalue weighted by molar-refractivity contribution is 6.00. The van der Waals surface area contributed by atoms with Gasteiger partial charge < -0.3 is 20.1 Å². The fourth-order valence-electron chi connectivity index (χ4n) is 3.48. The van der Waals surface area contributed by atoms with Crippen molar-refractivity contribution in [2.75, 3.05) is 14.1 Å².